The number of halogens is 1. The summed E-state index contributed by atoms with van der Waals surface area (Å²) in [6, 6.07) is 4.53. The lowest BCUT2D eigenvalue weighted by Gasteiger charge is -2.06. The third kappa shape index (κ3) is 2.16. The van der Waals surface area contributed by atoms with Gasteiger partial charge in [-0.05, 0) is 18.6 Å². The molecule has 1 heterocycles. The molecule has 2 rings (SSSR count). The van der Waals surface area contributed by atoms with E-state index in [2.05, 4.69) is 0 Å². The molecule has 0 radical (unpaired) electrons. The van der Waals surface area contributed by atoms with Crippen molar-refractivity contribution >= 4 is 17.0 Å². The van der Waals surface area contributed by atoms with Gasteiger partial charge in [-0.25, -0.2) is 9.18 Å². The number of carbonyl (C=O) groups excluding carboxylic acids is 1. The fourth-order valence-electron chi connectivity index (χ4n) is 1.71. The molecular formula is C13H14FNO3. The maximum atomic E-state index is 13.6. The van der Waals surface area contributed by atoms with Crippen molar-refractivity contribution in [2.24, 2.45) is 0 Å². The van der Waals surface area contributed by atoms with E-state index < -0.39 is 11.9 Å². The molecule has 0 aliphatic carbocycles. The first-order valence-electron chi connectivity index (χ1n) is 5.69. The van der Waals surface area contributed by atoms with E-state index in [1.54, 1.807) is 18.3 Å². The van der Waals surface area contributed by atoms with Crippen LogP contribution in [0.15, 0.2) is 24.4 Å². The molecule has 0 saturated carbocycles. The first-order chi connectivity index (χ1) is 8.67. The third-order valence-corrected chi connectivity index (χ3v) is 2.59. The number of fused-ring (bicyclic) bond motifs is 1. The number of nitrogens with zero attached hydrogens (tertiary/aromatic N) is 1. The molecule has 0 aliphatic heterocycles. The van der Waals surface area contributed by atoms with Crippen LogP contribution < -0.4 is 4.74 Å². The standard InChI is InChI=1S/C13H14FNO3/c1-3-6-18-13(16)15-5-4-9-7-12(17-2)10(14)8-11(9)15/h4-5,7-8H,3,6H2,1-2H3. The molecule has 0 saturated heterocycles. The van der Waals surface area contributed by atoms with E-state index >= 15 is 0 Å². The van der Waals surface area contributed by atoms with E-state index in [9.17, 15) is 9.18 Å². The van der Waals surface area contributed by atoms with Crippen LogP contribution in [-0.4, -0.2) is 24.4 Å². The van der Waals surface area contributed by atoms with Crippen molar-refractivity contribution in [3.05, 3.63) is 30.2 Å². The van der Waals surface area contributed by atoms with Crippen molar-refractivity contribution in [3.8, 4) is 5.75 Å². The van der Waals surface area contributed by atoms with Crippen LogP contribution in [0, 0.1) is 5.82 Å². The number of methoxy groups -OCH3 is 1. The molecule has 0 unspecified atom stereocenters. The van der Waals surface area contributed by atoms with Gasteiger partial charge in [0.25, 0.3) is 0 Å². The summed E-state index contributed by atoms with van der Waals surface area (Å²) in [5, 5.41) is 0.724. The van der Waals surface area contributed by atoms with Crippen LogP contribution in [0.4, 0.5) is 9.18 Å². The minimum absolute atomic E-state index is 0.155. The van der Waals surface area contributed by atoms with Gasteiger partial charge >= 0.3 is 6.09 Å². The average molecular weight is 251 g/mol. The molecular weight excluding hydrogens is 237 g/mol. The molecule has 4 nitrogen and oxygen atoms in total. The van der Waals surface area contributed by atoms with Crippen LogP contribution in [-0.2, 0) is 4.74 Å². The quantitative estimate of drug-likeness (QED) is 0.841. The zero-order valence-corrected chi connectivity index (χ0v) is 10.3. The molecule has 0 fully saturated rings. The van der Waals surface area contributed by atoms with Gasteiger partial charge in [0, 0.05) is 17.6 Å². The molecule has 2 aromatic rings. The second kappa shape index (κ2) is 5.08. The summed E-state index contributed by atoms with van der Waals surface area (Å²) in [4.78, 5) is 11.7. The van der Waals surface area contributed by atoms with E-state index in [-0.39, 0.29) is 5.75 Å². The number of hydrogen-bond donors (Lipinski definition) is 0. The maximum Gasteiger partial charge on any atom is 0.418 e. The van der Waals surface area contributed by atoms with Crippen molar-refractivity contribution < 1.29 is 18.7 Å². The summed E-state index contributed by atoms with van der Waals surface area (Å²) in [5.74, 6) is -0.351. The highest BCUT2D eigenvalue weighted by atomic mass is 19.1. The molecule has 5 heteroatoms. The zero-order chi connectivity index (χ0) is 13.1. The van der Waals surface area contributed by atoms with E-state index in [4.69, 9.17) is 9.47 Å². The molecule has 0 bridgehead atoms. The summed E-state index contributed by atoms with van der Waals surface area (Å²) in [5.41, 5.74) is 0.467. The van der Waals surface area contributed by atoms with Gasteiger partial charge in [-0.3, -0.25) is 4.57 Å². The van der Waals surface area contributed by atoms with Gasteiger partial charge in [-0.2, -0.15) is 0 Å². The Hall–Kier alpha value is -2.04. The van der Waals surface area contributed by atoms with Gasteiger partial charge < -0.3 is 9.47 Å². The van der Waals surface area contributed by atoms with Crippen LogP contribution in [0.5, 0.6) is 5.75 Å². The van der Waals surface area contributed by atoms with E-state index in [0.717, 1.165) is 11.8 Å². The van der Waals surface area contributed by atoms with Gasteiger partial charge in [-0.15, -0.1) is 0 Å². The highest BCUT2D eigenvalue weighted by Crippen LogP contribution is 2.25. The Kier molecular flexibility index (Phi) is 3.50. The predicted octanol–water partition coefficient (Wildman–Crippen LogP) is 3.18. The summed E-state index contributed by atoms with van der Waals surface area (Å²) in [6.07, 6.45) is 1.80. The molecule has 1 aromatic carbocycles. The minimum atomic E-state index is -0.506. The Labute approximate surface area is 104 Å². The molecule has 18 heavy (non-hydrogen) atoms. The molecule has 0 aliphatic rings. The van der Waals surface area contributed by atoms with Gasteiger partial charge in [0.15, 0.2) is 11.6 Å². The van der Waals surface area contributed by atoms with Gasteiger partial charge in [0.2, 0.25) is 0 Å². The van der Waals surface area contributed by atoms with Crippen molar-refractivity contribution in [2.45, 2.75) is 13.3 Å². The second-order valence-corrected chi connectivity index (χ2v) is 3.85. The Morgan fingerprint density at radius 3 is 2.89 bits per heavy atom. The Balaban J connectivity index is 2.41. The summed E-state index contributed by atoms with van der Waals surface area (Å²) >= 11 is 0. The van der Waals surface area contributed by atoms with Crippen LogP contribution in [0.1, 0.15) is 13.3 Å². The summed E-state index contributed by atoms with van der Waals surface area (Å²) < 4.78 is 24.8. The fourth-order valence-corrected chi connectivity index (χ4v) is 1.71. The zero-order valence-electron chi connectivity index (χ0n) is 10.3. The predicted molar refractivity (Wildman–Crippen MR) is 65.5 cm³/mol. The van der Waals surface area contributed by atoms with Crippen molar-refractivity contribution in [2.75, 3.05) is 13.7 Å². The van der Waals surface area contributed by atoms with Gasteiger partial charge in [-0.1, -0.05) is 6.92 Å². The minimum Gasteiger partial charge on any atom is -0.494 e. The van der Waals surface area contributed by atoms with Crippen molar-refractivity contribution in [1.82, 2.24) is 4.57 Å². The Bertz CT molecular complexity index is 577. The van der Waals surface area contributed by atoms with Crippen LogP contribution >= 0.6 is 0 Å². The number of rotatable bonds is 3. The van der Waals surface area contributed by atoms with E-state index in [1.807, 2.05) is 6.92 Å². The highest BCUT2D eigenvalue weighted by Gasteiger charge is 2.13. The lowest BCUT2D eigenvalue weighted by Crippen LogP contribution is -2.13. The molecule has 0 atom stereocenters. The first kappa shape index (κ1) is 12.4. The Morgan fingerprint density at radius 2 is 2.22 bits per heavy atom. The molecule has 0 spiro atoms. The molecule has 96 valence electrons. The second-order valence-electron chi connectivity index (χ2n) is 3.85. The Morgan fingerprint density at radius 1 is 1.44 bits per heavy atom. The maximum absolute atomic E-state index is 13.6. The van der Waals surface area contributed by atoms with Gasteiger partial charge in [0.1, 0.15) is 0 Å². The smallest absolute Gasteiger partial charge is 0.418 e. The lowest BCUT2D eigenvalue weighted by molar-refractivity contribution is 0.149. The average Bonchev–Trinajstić information content (AvgIpc) is 2.77. The lowest BCUT2D eigenvalue weighted by atomic mass is 10.2. The SMILES string of the molecule is CCCOC(=O)n1ccc2cc(OC)c(F)cc21. The normalized spacial score (nSPS) is 10.6. The third-order valence-electron chi connectivity index (χ3n) is 2.59. The van der Waals surface area contributed by atoms with Crippen LogP contribution in [0.3, 0.4) is 0 Å². The fraction of sp³-hybridized carbons (Fsp3) is 0.308. The summed E-state index contributed by atoms with van der Waals surface area (Å²) in [7, 11) is 1.40. The topological polar surface area (TPSA) is 40.5 Å². The molecule has 0 N–H and O–H groups in total. The molecule has 0 amide bonds. The van der Waals surface area contributed by atoms with Gasteiger partial charge in [0.05, 0.1) is 19.2 Å². The van der Waals surface area contributed by atoms with E-state index in [0.29, 0.717) is 12.1 Å². The highest BCUT2D eigenvalue weighted by molar-refractivity contribution is 5.90. The number of benzene rings is 1. The van der Waals surface area contributed by atoms with Crippen LogP contribution in [0.2, 0.25) is 0 Å². The van der Waals surface area contributed by atoms with Crippen molar-refractivity contribution in [3.63, 3.8) is 0 Å². The largest absolute Gasteiger partial charge is 0.494 e. The number of ether oxygens (including phenoxy) is 2. The van der Waals surface area contributed by atoms with E-state index in [1.165, 1.54) is 17.7 Å². The summed E-state index contributed by atoms with van der Waals surface area (Å²) in [6.45, 7) is 2.25. The monoisotopic (exact) mass is 251 g/mol. The molecule has 1 aromatic heterocycles. The number of carbonyl (C=O) groups is 1. The van der Waals surface area contributed by atoms with Crippen LogP contribution in [0.25, 0.3) is 10.9 Å². The number of aromatic nitrogens is 1. The first-order valence-corrected chi connectivity index (χ1v) is 5.69. The number of hydrogen-bond acceptors (Lipinski definition) is 3. The van der Waals surface area contributed by atoms with Crippen molar-refractivity contribution in [1.29, 1.82) is 0 Å².